The second kappa shape index (κ2) is 10.6. The van der Waals surface area contributed by atoms with E-state index in [4.69, 9.17) is 24.3 Å². The summed E-state index contributed by atoms with van der Waals surface area (Å²) in [4.78, 5) is 28.1. The lowest BCUT2D eigenvalue weighted by molar-refractivity contribution is -0.150. The molecule has 0 saturated carbocycles. The molecular formula is C21H35N4O9P. The Balaban J connectivity index is 1.75. The van der Waals surface area contributed by atoms with Crippen molar-refractivity contribution in [2.75, 3.05) is 18.9 Å². The van der Waals surface area contributed by atoms with Gasteiger partial charge in [-0.05, 0) is 33.3 Å². The quantitative estimate of drug-likeness (QED) is 0.244. The Kier molecular flexibility index (Phi) is 8.42. The van der Waals surface area contributed by atoms with Gasteiger partial charge in [-0.3, -0.25) is 18.4 Å². The average molecular weight is 519 g/mol. The molecule has 198 valence electrons. The predicted octanol–water partition coefficient (Wildman–Crippen LogP) is 1.42. The monoisotopic (exact) mass is 518 g/mol. The number of ether oxygens (including phenoxy) is 2. The number of rotatable bonds is 11. The van der Waals surface area contributed by atoms with Gasteiger partial charge in [-0.1, -0.05) is 26.2 Å². The van der Waals surface area contributed by atoms with Crippen LogP contribution in [-0.2, 0) is 27.9 Å². The van der Waals surface area contributed by atoms with E-state index in [2.05, 4.69) is 17.0 Å². The first kappa shape index (κ1) is 27.7. The molecule has 0 bridgehead atoms. The van der Waals surface area contributed by atoms with Crippen LogP contribution in [0.2, 0.25) is 0 Å². The molecule has 0 aliphatic carbocycles. The first-order valence-corrected chi connectivity index (χ1v) is 13.2. The Morgan fingerprint density at radius 2 is 2.20 bits per heavy atom. The summed E-state index contributed by atoms with van der Waals surface area (Å²) in [6.45, 7) is 6.40. The number of carboxylic acid groups (broad SMARTS) is 1. The number of aliphatic hydroxyl groups is 1. The van der Waals surface area contributed by atoms with Crippen LogP contribution in [0.4, 0.5) is 5.82 Å². The van der Waals surface area contributed by atoms with Crippen molar-refractivity contribution in [1.29, 1.82) is 0 Å². The normalized spacial score (nSPS) is 33.1. The molecule has 3 rings (SSSR count). The zero-order valence-electron chi connectivity index (χ0n) is 20.4. The molecule has 3 heterocycles. The Labute approximate surface area is 203 Å². The van der Waals surface area contributed by atoms with Crippen LogP contribution in [0.25, 0.3) is 0 Å². The van der Waals surface area contributed by atoms with Gasteiger partial charge in [0.25, 0.3) is 0 Å². The van der Waals surface area contributed by atoms with Crippen molar-refractivity contribution in [3.63, 3.8) is 0 Å². The number of nitrogen functional groups attached to an aromatic ring is 1. The Morgan fingerprint density at radius 1 is 1.49 bits per heavy atom. The summed E-state index contributed by atoms with van der Waals surface area (Å²) in [6.07, 6.45) is 0.948. The predicted molar refractivity (Wildman–Crippen MR) is 125 cm³/mol. The van der Waals surface area contributed by atoms with E-state index in [-0.39, 0.29) is 12.4 Å². The van der Waals surface area contributed by atoms with Crippen LogP contribution in [0, 0.1) is 0 Å². The number of aromatic nitrogens is 2. The highest BCUT2D eigenvalue weighted by Gasteiger charge is 2.61. The highest BCUT2D eigenvalue weighted by molar-refractivity contribution is 7.51. The minimum absolute atomic E-state index is 0.00393. The van der Waals surface area contributed by atoms with E-state index in [1.807, 2.05) is 0 Å². The average Bonchev–Trinajstić information content (AvgIpc) is 3.02. The summed E-state index contributed by atoms with van der Waals surface area (Å²) < 4.78 is 37.1. The summed E-state index contributed by atoms with van der Waals surface area (Å²) in [7, 11) is -4.25. The molecule has 2 aliphatic heterocycles. The summed E-state index contributed by atoms with van der Waals surface area (Å²) in [5.74, 6) is -1.31. The number of nitrogens with two attached hydrogens (primary N) is 1. The number of unbranched alkanes of at least 4 members (excludes halogenated alkanes) is 3. The molecule has 1 aromatic heterocycles. The van der Waals surface area contributed by atoms with Gasteiger partial charge in [0.2, 0.25) is 0 Å². The molecule has 14 heteroatoms. The third-order valence-corrected chi connectivity index (χ3v) is 8.21. The van der Waals surface area contributed by atoms with E-state index in [1.54, 1.807) is 6.92 Å². The van der Waals surface area contributed by atoms with Crippen molar-refractivity contribution >= 4 is 19.5 Å². The highest BCUT2D eigenvalue weighted by atomic mass is 31.2. The van der Waals surface area contributed by atoms with Crippen molar-refractivity contribution in [2.45, 2.75) is 89.1 Å². The molecule has 13 nitrogen and oxygen atoms in total. The van der Waals surface area contributed by atoms with Crippen molar-refractivity contribution in [3.8, 4) is 0 Å². The summed E-state index contributed by atoms with van der Waals surface area (Å²) in [5.41, 5.74) is 1.12. The zero-order chi connectivity index (χ0) is 26.0. The fraction of sp³-hybridized carbons (Fsp3) is 0.762. The van der Waals surface area contributed by atoms with Crippen LogP contribution < -0.4 is 16.5 Å². The molecule has 7 atom stereocenters. The number of fused-ring (bicyclic) bond motifs is 1. The van der Waals surface area contributed by atoms with Crippen LogP contribution in [-0.4, -0.2) is 68.4 Å². The van der Waals surface area contributed by atoms with Gasteiger partial charge in [0.05, 0.1) is 12.7 Å². The number of carboxylic acids is 1. The minimum Gasteiger partial charge on any atom is -0.480 e. The fourth-order valence-corrected chi connectivity index (χ4v) is 6.12. The highest BCUT2D eigenvalue weighted by Crippen LogP contribution is 2.56. The number of hydrogen-bond donors (Lipinski definition) is 4. The van der Waals surface area contributed by atoms with Crippen molar-refractivity contribution in [3.05, 3.63) is 22.7 Å². The van der Waals surface area contributed by atoms with Crippen molar-refractivity contribution < 1.29 is 38.1 Å². The number of hydrogen-bond acceptors (Lipinski definition) is 10. The molecule has 0 radical (unpaired) electrons. The fourth-order valence-electron chi connectivity index (χ4n) is 4.11. The Morgan fingerprint density at radius 3 is 2.83 bits per heavy atom. The van der Waals surface area contributed by atoms with Gasteiger partial charge in [0.15, 0.2) is 6.23 Å². The van der Waals surface area contributed by atoms with Gasteiger partial charge in [-0.2, -0.15) is 4.98 Å². The van der Waals surface area contributed by atoms with E-state index in [9.17, 15) is 24.4 Å². The van der Waals surface area contributed by atoms with E-state index in [0.29, 0.717) is 6.61 Å². The molecule has 0 spiro atoms. The number of nitrogens with zero attached hydrogens (tertiary/aromatic N) is 2. The van der Waals surface area contributed by atoms with Crippen molar-refractivity contribution in [2.24, 2.45) is 0 Å². The van der Waals surface area contributed by atoms with E-state index in [0.717, 1.165) is 30.3 Å². The number of nitrogens with one attached hydrogen (secondary N) is 1. The lowest BCUT2D eigenvalue weighted by atomic mass is 9.96. The topological polar surface area (TPSA) is 184 Å². The van der Waals surface area contributed by atoms with E-state index >= 15 is 0 Å². The van der Waals surface area contributed by atoms with Gasteiger partial charge in [-0.15, -0.1) is 0 Å². The Hall–Kier alpha value is -1.86. The Bertz CT molecular complexity index is 1020. The summed E-state index contributed by atoms with van der Waals surface area (Å²) >= 11 is 0. The third kappa shape index (κ3) is 5.77. The largest absolute Gasteiger partial charge is 0.480 e. The van der Waals surface area contributed by atoms with Gasteiger partial charge in [0, 0.05) is 12.8 Å². The number of aliphatic carboxylic acids is 1. The van der Waals surface area contributed by atoms with Gasteiger partial charge in [-0.25, -0.2) is 14.4 Å². The molecule has 0 aromatic carbocycles. The molecule has 2 unspecified atom stereocenters. The number of anilines is 1. The second-order valence-electron chi connectivity index (χ2n) is 9.31. The standard InChI is InChI=1S/C21H35N4O9P/c1-5-6-7-8-11-31-13(2)20(3,18(26)27)24-35(30)32-12-14-16(34-35)21(4,29)17(33-14)25-10-9-15(22)23-19(25)28/h9-10,13-14,16-17,29H,5-8,11-12H2,1-4H3,(H,24,30)(H,26,27)(H2,22,23,28)/t13?,14-,16-,17-,20-,21-,35?/m1/s1. The molecule has 5 N–H and O–H groups in total. The lowest BCUT2D eigenvalue weighted by Gasteiger charge is -2.40. The van der Waals surface area contributed by atoms with Crippen LogP contribution >= 0.6 is 7.75 Å². The maximum absolute atomic E-state index is 13.5. The van der Waals surface area contributed by atoms with Gasteiger partial charge < -0.3 is 25.4 Å². The summed E-state index contributed by atoms with van der Waals surface area (Å²) in [5, 5.41) is 23.6. The molecule has 2 fully saturated rings. The second-order valence-corrected chi connectivity index (χ2v) is 11.0. The minimum atomic E-state index is -4.25. The molecule has 0 amide bonds. The van der Waals surface area contributed by atoms with Crippen LogP contribution in [0.5, 0.6) is 0 Å². The smallest absolute Gasteiger partial charge is 0.407 e. The van der Waals surface area contributed by atoms with Crippen molar-refractivity contribution in [1.82, 2.24) is 14.6 Å². The molecule has 2 saturated heterocycles. The van der Waals surface area contributed by atoms with E-state index in [1.165, 1.54) is 26.1 Å². The maximum atomic E-state index is 13.5. The van der Waals surface area contributed by atoms with Gasteiger partial charge >= 0.3 is 19.4 Å². The lowest BCUT2D eigenvalue weighted by Crippen LogP contribution is -2.58. The van der Waals surface area contributed by atoms with Gasteiger partial charge in [0.1, 0.15) is 29.2 Å². The first-order chi connectivity index (χ1) is 16.3. The SMILES string of the molecule is CCCCCCOC(C)[C@@](C)(NP1(=O)OC[C@H]2O[C@@H](n3ccc(N)nc3=O)[C@](C)(O)[C@@H]2O1)C(=O)O. The molecule has 1 aromatic rings. The van der Waals surface area contributed by atoms with Crippen LogP contribution in [0.15, 0.2) is 17.1 Å². The molecule has 2 aliphatic rings. The van der Waals surface area contributed by atoms with Crippen LogP contribution in [0.1, 0.15) is 59.6 Å². The van der Waals surface area contributed by atoms with E-state index < -0.39 is 55.1 Å². The molecular weight excluding hydrogens is 483 g/mol. The zero-order valence-corrected chi connectivity index (χ0v) is 21.3. The number of carbonyl (C=O) groups is 1. The maximum Gasteiger partial charge on any atom is 0.407 e. The molecule has 35 heavy (non-hydrogen) atoms. The first-order valence-electron chi connectivity index (χ1n) is 11.6. The van der Waals surface area contributed by atoms with Crippen LogP contribution in [0.3, 0.4) is 0 Å². The summed E-state index contributed by atoms with van der Waals surface area (Å²) in [6, 6.07) is 1.37. The third-order valence-electron chi connectivity index (χ3n) is 6.47.